The van der Waals surface area contributed by atoms with Gasteiger partial charge in [-0.3, -0.25) is 0 Å². The minimum absolute atomic E-state index is 0.241. The summed E-state index contributed by atoms with van der Waals surface area (Å²) in [7, 11) is 3.20. The second-order valence-electron chi connectivity index (χ2n) is 14.0. The number of hydrogen-bond donors (Lipinski definition) is 0. The van der Waals surface area contributed by atoms with Crippen LogP contribution in [-0.2, 0) is 0 Å². The van der Waals surface area contributed by atoms with Gasteiger partial charge in [-0.05, 0) is 160 Å². The van der Waals surface area contributed by atoms with Crippen LogP contribution in [0.25, 0.3) is 52.6 Å². The Morgan fingerprint density at radius 3 is 1.34 bits per heavy atom. The summed E-state index contributed by atoms with van der Waals surface area (Å²) in [6.45, 7) is 3.84. The van der Waals surface area contributed by atoms with Crippen molar-refractivity contribution in [1.29, 1.82) is 0 Å². The van der Waals surface area contributed by atoms with Gasteiger partial charge in [0.15, 0.2) is 23.0 Å². The van der Waals surface area contributed by atoms with Gasteiger partial charge in [0.25, 0.3) is 0 Å². The maximum atomic E-state index is 5.88. The number of rotatable bonds is 14. The molecule has 0 saturated heterocycles. The highest BCUT2D eigenvalue weighted by Gasteiger charge is 2.15. The van der Waals surface area contributed by atoms with E-state index in [1.54, 1.807) is 38.5 Å². The van der Waals surface area contributed by atoms with Crippen molar-refractivity contribution in [2.75, 3.05) is 14.2 Å². The van der Waals surface area contributed by atoms with Gasteiger partial charge in [-0.1, -0.05) is 60.7 Å². The van der Waals surface area contributed by atoms with Crippen LogP contribution in [0.1, 0.15) is 40.3 Å². The standard InChI is InChI=1S/C66H36O7/c1-10-16-21-22-23-24-25-26-42-71-64-49-57(63(68-9)48-56(64)27-15-6)33-32-52-30-28-51(44-59(52)55-35-37-61(70-39-18-12-3)66(47-55)73-41-20-14-5)29-31-53-45-62(67-8)50(7)43-58(53)54-34-36-60(69-38-17-11-2)65(46-54)72-40-19-13-4/h1-5,15,27-37,43-49H,6-9H3. The molecule has 0 heterocycles. The van der Waals surface area contributed by atoms with Gasteiger partial charge < -0.3 is 33.2 Å². The molecule has 0 atom stereocenters. The van der Waals surface area contributed by atoms with E-state index in [1.807, 2.05) is 105 Å². The molecule has 0 radical (unpaired) electrons. The summed E-state index contributed by atoms with van der Waals surface area (Å²) in [5.41, 5.74) is 7.88. The van der Waals surface area contributed by atoms with Crippen LogP contribution in [0.15, 0.2) is 84.9 Å². The Kier molecular flexibility index (Phi) is 20.3. The van der Waals surface area contributed by atoms with Crippen LogP contribution in [0.4, 0.5) is 0 Å². The molecule has 0 aliphatic heterocycles. The lowest BCUT2D eigenvalue weighted by atomic mass is 9.94. The summed E-state index contributed by atoms with van der Waals surface area (Å²) < 4.78 is 40.1. The van der Waals surface area contributed by atoms with Crippen molar-refractivity contribution in [1.82, 2.24) is 0 Å². The largest absolute Gasteiger partial charge is 0.496 e. The zero-order valence-electron chi connectivity index (χ0n) is 39.7. The quantitative estimate of drug-likeness (QED) is 0.0812. The Labute approximate surface area is 428 Å². The van der Waals surface area contributed by atoms with Gasteiger partial charge in [-0.2, -0.15) is 0 Å². The van der Waals surface area contributed by atoms with E-state index in [0.717, 1.165) is 50.1 Å². The fraction of sp³-hybridized carbons (Fsp3) is 0.0606. The highest BCUT2D eigenvalue weighted by molar-refractivity contribution is 5.88. The molecule has 0 unspecified atom stereocenters. The molecule has 0 N–H and O–H groups in total. The Balaban J connectivity index is 1.67. The zero-order chi connectivity index (χ0) is 52.0. The van der Waals surface area contributed by atoms with Gasteiger partial charge in [0.1, 0.15) is 47.8 Å². The van der Waals surface area contributed by atoms with Crippen molar-refractivity contribution >= 4 is 30.4 Å². The molecular weight excluding hydrogens is 905 g/mol. The van der Waals surface area contributed by atoms with E-state index >= 15 is 0 Å². The van der Waals surface area contributed by atoms with Gasteiger partial charge in [0, 0.05) is 58.5 Å². The Hall–Kier alpha value is -11.8. The lowest BCUT2D eigenvalue weighted by Crippen LogP contribution is -1.94. The molecular formula is C66H36O7. The molecule has 5 aromatic carbocycles. The number of methoxy groups -OCH3 is 2. The molecule has 5 aromatic rings. The molecule has 73 heavy (non-hydrogen) atoms. The van der Waals surface area contributed by atoms with Gasteiger partial charge in [-0.25, -0.2) is 0 Å². The minimum Gasteiger partial charge on any atom is -0.496 e. The van der Waals surface area contributed by atoms with Crippen LogP contribution in [0.2, 0.25) is 0 Å². The van der Waals surface area contributed by atoms with Crippen molar-refractivity contribution < 1.29 is 33.2 Å². The fourth-order valence-corrected chi connectivity index (χ4v) is 6.46. The molecule has 7 heteroatoms. The van der Waals surface area contributed by atoms with Gasteiger partial charge in [-0.15, -0.1) is 32.1 Å². The SMILES string of the molecule is C#CC#CC#CC#CC#COc1cc(C=Cc2ccc(C=Cc3cc(OC)c(C)cc3-c3ccc(OC#CC#C)c(OC#CC#C)c3)cc2-c2ccc(OC#CC#C)c(OC#CC#C)c2)c(OC)cc1C=CC. The predicted molar refractivity (Wildman–Crippen MR) is 290 cm³/mol. The number of hydrogen-bond acceptors (Lipinski definition) is 7. The Bertz CT molecular complexity index is 3820. The van der Waals surface area contributed by atoms with E-state index in [1.165, 1.54) is 0 Å². The topological polar surface area (TPSA) is 64.6 Å². The summed E-state index contributed by atoms with van der Waals surface area (Å²) in [6.07, 6.45) is 50.6. The van der Waals surface area contributed by atoms with Crippen molar-refractivity contribution in [2.45, 2.75) is 13.8 Å². The molecule has 7 nitrogen and oxygen atoms in total. The molecule has 5 rings (SSSR count). The van der Waals surface area contributed by atoms with E-state index < -0.39 is 0 Å². The van der Waals surface area contributed by atoms with Crippen LogP contribution in [0, 0.1) is 164 Å². The maximum absolute atomic E-state index is 5.88. The average Bonchev–Trinajstić information content (AvgIpc) is 3.40. The summed E-state index contributed by atoms with van der Waals surface area (Å²) >= 11 is 0. The van der Waals surface area contributed by atoms with E-state index in [0.29, 0.717) is 28.6 Å². The number of aryl methyl sites for hydroxylation is 1. The maximum Gasteiger partial charge on any atom is 0.184 e. The van der Waals surface area contributed by atoms with Crippen LogP contribution >= 0.6 is 0 Å². The van der Waals surface area contributed by atoms with Crippen LogP contribution < -0.4 is 33.2 Å². The normalized spacial score (nSPS) is 9.08. The highest BCUT2D eigenvalue weighted by atomic mass is 16.5. The van der Waals surface area contributed by atoms with Gasteiger partial charge in [0.2, 0.25) is 0 Å². The highest BCUT2D eigenvalue weighted by Crippen LogP contribution is 2.39. The molecule has 0 fully saturated rings. The van der Waals surface area contributed by atoms with Crippen molar-refractivity contribution in [3.63, 3.8) is 0 Å². The third-order valence-electron chi connectivity index (χ3n) is 9.56. The first-order valence-electron chi connectivity index (χ1n) is 21.3. The fourth-order valence-electron chi connectivity index (χ4n) is 6.46. The summed E-state index contributed by atoms with van der Waals surface area (Å²) in [4.78, 5) is 0. The zero-order valence-corrected chi connectivity index (χ0v) is 39.7. The molecule has 0 amide bonds. The second kappa shape index (κ2) is 28.4. The van der Waals surface area contributed by atoms with Gasteiger partial charge >= 0.3 is 0 Å². The molecule has 0 aromatic heterocycles. The lowest BCUT2D eigenvalue weighted by molar-refractivity contribution is 0.411. The molecule has 0 spiro atoms. The van der Waals surface area contributed by atoms with E-state index in [4.69, 9.17) is 65.3 Å². The summed E-state index contributed by atoms with van der Waals surface area (Å²) in [6, 6.07) is 24.3. The van der Waals surface area contributed by atoms with Crippen molar-refractivity contribution in [3.8, 4) is 220 Å². The lowest BCUT2D eigenvalue weighted by Gasteiger charge is -2.14. The van der Waals surface area contributed by atoms with Crippen molar-refractivity contribution in [2.24, 2.45) is 0 Å². The third-order valence-corrected chi connectivity index (χ3v) is 9.56. The average molecular weight is 941 g/mol. The second-order valence-corrected chi connectivity index (χ2v) is 14.0. The predicted octanol–water partition coefficient (Wildman–Crippen LogP) is 10.6. The van der Waals surface area contributed by atoms with E-state index in [9.17, 15) is 0 Å². The number of terminal acetylenes is 5. The third kappa shape index (κ3) is 15.4. The monoisotopic (exact) mass is 940 g/mol. The first-order valence-corrected chi connectivity index (χ1v) is 21.3. The summed E-state index contributed by atoms with van der Waals surface area (Å²) in [5.74, 6) is 41.4. The Morgan fingerprint density at radius 2 is 0.795 bits per heavy atom. The van der Waals surface area contributed by atoms with Crippen LogP contribution in [-0.4, -0.2) is 14.2 Å². The first kappa shape index (κ1) is 52.2. The molecule has 342 valence electrons. The smallest absolute Gasteiger partial charge is 0.184 e. The first-order chi connectivity index (χ1) is 35.8. The van der Waals surface area contributed by atoms with Crippen LogP contribution in [0.3, 0.4) is 0 Å². The van der Waals surface area contributed by atoms with E-state index in [2.05, 4.69) is 125 Å². The van der Waals surface area contributed by atoms with Crippen LogP contribution in [0.5, 0.6) is 40.2 Å². The summed E-state index contributed by atoms with van der Waals surface area (Å²) in [5, 5.41) is 0. The number of allylic oxidation sites excluding steroid dienone is 1. The molecule has 0 aliphatic carbocycles. The van der Waals surface area contributed by atoms with E-state index in [-0.39, 0.29) is 17.2 Å². The minimum atomic E-state index is 0.241. The number of ether oxygens (including phenoxy) is 7. The van der Waals surface area contributed by atoms with Gasteiger partial charge in [0.05, 0.1) is 14.2 Å². The Morgan fingerprint density at radius 1 is 0.356 bits per heavy atom. The van der Waals surface area contributed by atoms with Crippen molar-refractivity contribution in [3.05, 3.63) is 118 Å². The number of benzene rings is 5. The molecule has 0 aliphatic rings. The molecule has 0 saturated carbocycles. The molecule has 0 bridgehead atoms.